The Kier molecular flexibility index (Phi) is 2.83. The van der Waals surface area contributed by atoms with E-state index < -0.39 is 0 Å². The van der Waals surface area contributed by atoms with Gasteiger partial charge in [-0.25, -0.2) is 0 Å². The minimum Gasteiger partial charge on any atom is -0.384 e. The van der Waals surface area contributed by atoms with Crippen molar-refractivity contribution in [3.8, 4) is 0 Å². The second kappa shape index (κ2) is 4.28. The number of hydrogen-bond donors (Lipinski definition) is 2. The summed E-state index contributed by atoms with van der Waals surface area (Å²) in [6, 6.07) is 5.13. The molecule has 0 radical (unpaired) electrons. The lowest BCUT2D eigenvalue weighted by atomic mass is 9.94. The SMILES string of the molecule is NCCNc1ccc2c(c1)C(=O)C=CC2=O. The van der Waals surface area contributed by atoms with Gasteiger partial charge in [0.15, 0.2) is 11.6 Å². The first kappa shape index (κ1) is 10.6. The van der Waals surface area contributed by atoms with Crippen LogP contribution < -0.4 is 11.1 Å². The van der Waals surface area contributed by atoms with Gasteiger partial charge in [0.05, 0.1) is 0 Å². The second-order valence-electron chi connectivity index (χ2n) is 3.54. The maximum Gasteiger partial charge on any atom is 0.186 e. The zero-order valence-corrected chi connectivity index (χ0v) is 8.69. The van der Waals surface area contributed by atoms with E-state index in [1.807, 2.05) is 0 Å². The molecule has 0 aliphatic heterocycles. The molecule has 2 rings (SSSR count). The summed E-state index contributed by atoms with van der Waals surface area (Å²) < 4.78 is 0. The van der Waals surface area contributed by atoms with Crippen LogP contribution in [-0.4, -0.2) is 24.7 Å². The number of anilines is 1. The van der Waals surface area contributed by atoms with Gasteiger partial charge >= 0.3 is 0 Å². The van der Waals surface area contributed by atoms with Gasteiger partial charge in [-0.1, -0.05) is 0 Å². The minimum absolute atomic E-state index is 0.125. The summed E-state index contributed by atoms with van der Waals surface area (Å²) in [6.45, 7) is 1.15. The summed E-state index contributed by atoms with van der Waals surface area (Å²) in [5.41, 5.74) is 7.09. The van der Waals surface area contributed by atoms with Crippen molar-refractivity contribution in [3.05, 3.63) is 41.5 Å². The van der Waals surface area contributed by atoms with E-state index in [1.165, 1.54) is 12.2 Å². The maximum atomic E-state index is 11.6. The van der Waals surface area contributed by atoms with Crippen molar-refractivity contribution in [2.24, 2.45) is 5.73 Å². The lowest BCUT2D eigenvalue weighted by Crippen LogP contribution is -2.15. The smallest absolute Gasteiger partial charge is 0.186 e. The van der Waals surface area contributed by atoms with Gasteiger partial charge in [0.25, 0.3) is 0 Å². The van der Waals surface area contributed by atoms with Gasteiger partial charge in [-0.15, -0.1) is 0 Å². The normalized spacial score (nSPS) is 13.8. The summed E-state index contributed by atoms with van der Waals surface area (Å²) in [4.78, 5) is 23.0. The van der Waals surface area contributed by atoms with Gasteiger partial charge in [0, 0.05) is 29.9 Å². The molecule has 0 unspecified atom stereocenters. The van der Waals surface area contributed by atoms with E-state index >= 15 is 0 Å². The molecule has 1 aliphatic carbocycles. The molecule has 0 aromatic heterocycles. The third-order valence-corrected chi connectivity index (χ3v) is 2.41. The number of fused-ring (bicyclic) bond motifs is 1. The lowest BCUT2D eigenvalue weighted by Gasteiger charge is -2.11. The third kappa shape index (κ3) is 1.87. The van der Waals surface area contributed by atoms with Crippen LogP contribution in [0, 0.1) is 0 Å². The predicted molar refractivity (Wildman–Crippen MR) is 61.8 cm³/mol. The molecule has 0 saturated carbocycles. The van der Waals surface area contributed by atoms with Crippen LogP contribution in [0.2, 0.25) is 0 Å². The van der Waals surface area contributed by atoms with Gasteiger partial charge in [-0.05, 0) is 30.4 Å². The fourth-order valence-electron chi connectivity index (χ4n) is 1.62. The molecule has 1 aromatic rings. The fourth-order valence-corrected chi connectivity index (χ4v) is 1.62. The number of ketones is 2. The van der Waals surface area contributed by atoms with Gasteiger partial charge in [0.1, 0.15) is 0 Å². The van der Waals surface area contributed by atoms with E-state index in [4.69, 9.17) is 5.73 Å². The van der Waals surface area contributed by atoms with Crippen molar-refractivity contribution in [1.82, 2.24) is 0 Å². The molecule has 0 spiro atoms. The minimum atomic E-state index is -0.133. The number of carbonyl (C=O) groups is 2. The fraction of sp³-hybridized carbons (Fsp3) is 0.167. The molecule has 0 bridgehead atoms. The highest BCUT2D eigenvalue weighted by molar-refractivity contribution is 6.22. The van der Waals surface area contributed by atoms with Crippen molar-refractivity contribution >= 4 is 17.3 Å². The molecule has 4 nitrogen and oxygen atoms in total. The Bertz CT molecular complexity index is 478. The zero-order valence-electron chi connectivity index (χ0n) is 8.69. The molecule has 0 amide bonds. The Morgan fingerprint density at radius 1 is 1.06 bits per heavy atom. The van der Waals surface area contributed by atoms with Crippen LogP contribution in [0.4, 0.5) is 5.69 Å². The Labute approximate surface area is 93.1 Å². The largest absolute Gasteiger partial charge is 0.384 e. The monoisotopic (exact) mass is 216 g/mol. The average molecular weight is 216 g/mol. The Morgan fingerprint density at radius 3 is 2.44 bits per heavy atom. The molecule has 16 heavy (non-hydrogen) atoms. The first-order valence-electron chi connectivity index (χ1n) is 5.07. The molecule has 3 N–H and O–H groups in total. The highest BCUT2D eigenvalue weighted by Gasteiger charge is 2.18. The lowest BCUT2D eigenvalue weighted by molar-refractivity contribution is 0.0994. The molecule has 82 valence electrons. The molecule has 0 saturated heterocycles. The number of benzene rings is 1. The van der Waals surface area contributed by atoms with E-state index in [1.54, 1.807) is 18.2 Å². The molecule has 1 aromatic carbocycles. The quantitative estimate of drug-likeness (QED) is 0.790. The molecule has 0 heterocycles. The number of carbonyl (C=O) groups excluding carboxylic acids is 2. The van der Waals surface area contributed by atoms with Crippen molar-refractivity contribution < 1.29 is 9.59 Å². The van der Waals surface area contributed by atoms with Gasteiger partial charge in [-0.2, -0.15) is 0 Å². The topological polar surface area (TPSA) is 72.2 Å². The van der Waals surface area contributed by atoms with Crippen molar-refractivity contribution in [1.29, 1.82) is 0 Å². The highest BCUT2D eigenvalue weighted by Crippen LogP contribution is 2.20. The number of rotatable bonds is 3. The summed E-state index contributed by atoms with van der Waals surface area (Å²) in [7, 11) is 0. The Balaban J connectivity index is 2.35. The highest BCUT2D eigenvalue weighted by atomic mass is 16.1. The van der Waals surface area contributed by atoms with Crippen LogP contribution in [0.15, 0.2) is 30.4 Å². The van der Waals surface area contributed by atoms with E-state index in [2.05, 4.69) is 5.32 Å². The molecular weight excluding hydrogens is 204 g/mol. The average Bonchev–Trinajstić information content (AvgIpc) is 2.31. The molecule has 4 heteroatoms. The summed E-state index contributed by atoms with van der Waals surface area (Å²) >= 11 is 0. The van der Waals surface area contributed by atoms with Crippen LogP contribution in [0.25, 0.3) is 0 Å². The van der Waals surface area contributed by atoms with Crippen LogP contribution in [-0.2, 0) is 0 Å². The van der Waals surface area contributed by atoms with Crippen molar-refractivity contribution in [2.75, 3.05) is 18.4 Å². The second-order valence-corrected chi connectivity index (χ2v) is 3.54. The standard InChI is InChI=1S/C12H12N2O2/c13-5-6-14-8-1-2-9-10(7-8)12(16)4-3-11(9)15/h1-4,7,14H,5-6,13H2. The van der Waals surface area contributed by atoms with Crippen molar-refractivity contribution in [3.63, 3.8) is 0 Å². The predicted octanol–water partition coefficient (Wildman–Crippen LogP) is 0.992. The van der Waals surface area contributed by atoms with E-state index in [9.17, 15) is 9.59 Å². The van der Waals surface area contributed by atoms with E-state index in [-0.39, 0.29) is 11.6 Å². The van der Waals surface area contributed by atoms with Gasteiger partial charge in [-0.3, -0.25) is 9.59 Å². The van der Waals surface area contributed by atoms with Crippen LogP contribution >= 0.6 is 0 Å². The van der Waals surface area contributed by atoms with E-state index in [0.29, 0.717) is 24.2 Å². The third-order valence-electron chi connectivity index (χ3n) is 2.41. The van der Waals surface area contributed by atoms with Crippen LogP contribution in [0.3, 0.4) is 0 Å². The van der Waals surface area contributed by atoms with Crippen LogP contribution in [0.5, 0.6) is 0 Å². The van der Waals surface area contributed by atoms with E-state index in [0.717, 1.165) is 5.69 Å². The van der Waals surface area contributed by atoms with Gasteiger partial charge in [0.2, 0.25) is 0 Å². The summed E-state index contributed by atoms with van der Waals surface area (Å²) in [5, 5.41) is 3.07. The summed E-state index contributed by atoms with van der Waals surface area (Å²) in [5.74, 6) is -0.258. The van der Waals surface area contributed by atoms with Gasteiger partial charge < -0.3 is 11.1 Å². The van der Waals surface area contributed by atoms with Crippen molar-refractivity contribution in [2.45, 2.75) is 0 Å². The molecular formula is C12H12N2O2. The number of allylic oxidation sites excluding steroid dienone is 2. The number of nitrogens with two attached hydrogens (primary N) is 1. The first-order chi connectivity index (χ1) is 7.72. The zero-order chi connectivity index (χ0) is 11.5. The molecule has 1 aliphatic rings. The maximum absolute atomic E-state index is 11.6. The molecule has 0 fully saturated rings. The first-order valence-corrected chi connectivity index (χ1v) is 5.07. The number of hydrogen-bond acceptors (Lipinski definition) is 4. The van der Waals surface area contributed by atoms with Crippen LogP contribution in [0.1, 0.15) is 20.7 Å². The Hall–Kier alpha value is -1.94. The Morgan fingerprint density at radius 2 is 1.75 bits per heavy atom. The number of nitrogens with one attached hydrogen (secondary N) is 1. The summed E-state index contributed by atoms with van der Waals surface area (Å²) in [6.07, 6.45) is 2.61. The molecule has 0 atom stereocenters.